The van der Waals surface area contributed by atoms with Gasteiger partial charge in [-0.3, -0.25) is 0 Å². The van der Waals surface area contributed by atoms with Crippen molar-refractivity contribution >= 4 is 0 Å². The second kappa shape index (κ2) is 10.6. The lowest BCUT2D eigenvalue weighted by molar-refractivity contribution is 0.169. The molecular formula is C16H34N2O2. The lowest BCUT2D eigenvalue weighted by Gasteiger charge is -2.25. The van der Waals surface area contributed by atoms with Crippen molar-refractivity contribution in [2.45, 2.75) is 51.4 Å². The Morgan fingerprint density at radius 2 is 0.800 bits per heavy atom. The maximum absolute atomic E-state index is 8.82. The van der Waals surface area contributed by atoms with Gasteiger partial charge in [0.2, 0.25) is 0 Å². The van der Waals surface area contributed by atoms with Crippen LogP contribution in [0.5, 0.6) is 0 Å². The first kappa shape index (κ1) is 17.9. The largest absolute Gasteiger partial charge is 0.396 e. The van der Waals surface area contributed by atoms with Gasteiger partial charge in [0, 0.05) is 13.2 Å². The monoisotopic (exact) mass is 286 g/mol. The number of aliphatic hydroxyl groups is 2. The molecule has 2 aliphatic rings. The average Bonchev–Trinajstić information content (AvgIpc) is 2.55. The lowest BCUT2D eigenvalue weighted by Crippen LogP contribution is -2.22. The molecule has 2 aliphatic carbocycles. The van der Waals surface area contributed by atoms with Crippen LogP contribution < -0.4 is 11.5 Å². The number of nitrogens with two attached hydrogens (primary N) is 2. The molecule has 2 rings (SSSR count). The van der Waals surface area contributed by atoms with Crippen LogP contribution in [-0.2, 0) is 0 Å². The smallest absolute Gasteiger partial charge is 0.0459 e. The molecule has 0 radical (unpaired) electrons. The second-order valence-electron chi connectivity index (χ2n) is 6.61. The summed E-state index contributed by atoms with van der Waals surface area (Å²) in [5.74, 6) is 2.62. The predicted octanol–water partition coefficient (Wildman–Crippen LogP) is 1.49. The molecule has 0 saturated heterocycles. The quantitative estimate of drug-likeness (QED) is 0.630. The number of hydrogen-bond acceptors (Lipinski definition) is 4. The zero-order valence-electron chi connectivity index (χ0n) is 12.8. The molecule has 0 atom stereocenters. The molecule has 0 bridgehead atoms. The molecule has 4 nitrogen and oxygen atoms in total. The van der Waals surface area contributed by atoms with Crippen LogP contribution in [0.1, 0.15) is 51.4 Å². The van der Waals surface area contributed by atoms with Crippen molar-refractivity contribution < 1.29 is 10.2 Å². The Morgan fingerprint density at radius 1 is 0.550 bits per heavy atom. The van der Waals surface area contributed by atoms with Crippen molar-refractivity contribution in [3.05, 3.63) is 0 Å². The summed E-state index contributed by atoms with van der Waals surface area (Å²) in [4.78, 5) is 0. The molecule has 20 heavy (non-hydrogen) atoms. The molecule has 120 valence electrons. The van der Waals surface area contributed by atoms with E-state index in [1.54, 1.807) is 0 Å². The van der Waals surface area contributed by atoms with Crippen molar-refractivity contribution in [2.24, 2.45) is 35.1 Å². The van der Waals surface area contributed by atoms with Crippen LogP contribution in [0.25, 0.3) is 0 Å². The molecule has 0 aliphatic heterocycles. The Hall–Kier alpha value is -0.160. The van der Waals surface area contributed by atoms with Gasteiger partial charge in [0.05, 0.1) is 0 Å². The summed E-state index contributed by atoms with van der Waals surface area (Å²) in [7, 11) is 0. The lowest BCUT2D eigenvalue weighted by atomic mass is 9.82. The molecule has 6 N–H and O–H groups in total. The van der Waals surface area contributed by atoms with Gasteiger partial charge in [0.25, 0.3) is 0 Å². The average molecular weight is 286 g/mol. The fourth-order valence-corrected chi connectivity index (χ4v) is 3.30. The van der Waals surface area contributed by atoms with Gasteiger partial charge in [0.1, 0.15) is 0 Å². The van der Waals surface area contributed by atoms with Crippen molar-refractivity contribution in [1.82, 2.24) is 0 Å². The number of hydrogen-bond donors (Lipinski definition) is 4. The van der Waals surface area contributed by atoms with Crippen LogP contribution in [0, 0.1) is 23.7 Å². The van der Waals surface area contributed by atoms with Gasteiger partial charge in [-0.1, -0.05) is 0 Å². The Morgan fingerprint density at radius 3 is 1.00 bits per heavy atom. The molecule has 0 unspecified atom stereocenters. The summed E-state index contributed by atoms with van der Waals surface area (Å²) < 4.78 is 0. The first-order valence-corrected chi connectivity index (χ1v) is 8.35. The molecular weight excluding hydrogens is 252 g/mol. The topological polar surface area (TPSA) is 92.5 Å². The van der Waals surface area contributed by atoms with E-state index >= 15 is 0 Å². The molecule has 0 aromatic heterocycles. The van der Waals surface area contributed by atoms with Crippen molar-refractivity contribution in [3.63, 3.8) is 0 Å². The standard InChI is InChI=1S/2C8H17NO/c2*9-5-7-1-3-8(6-10)4-2-7/h2*7-8,10H,1-6,9H2. The van der Waals surface area contributed by atoms with Gasteiger partial charge in [0.15, 0.2) is 0 Å². The fourth-order valence-electron chi connectivity index (χ4n) is 3.30. The summed E-state index contributed by atoms with van der Waals surface area (Å²) in [5, 5.41) is 17.6. The van der Waals surface area contributed by atoms with Gasteiger partial charge in [-0.05, 0) is 88.1 Å². The third-order valence-electron chi connectivity index (χ3n) is 5.12. The van der Waals surface area contributed by atoms with Crippen LogP contribution in [0.4, 0.5) is 0 Å². The second-order valence-corrected chi connectivity index (χ2v) is 6.61. The maximum atomic E-state index is 8.82. The van der Waals surface area contributed by atoms with E-state index in [-0.39, 0.29) is 0 Å². The minimum absolute atomic E-state index is 0.372. The molecule has 0 heterocycles. The van der Waals surface area contributed by atoms with Crippen molar-refractivity contribution in [1.29, 1.82) is 0 Å². The Balaban J connectivity index is 0.000000200. The number of rotatable bonds is 4. The molecule has 2 saturated carbocycles. The highest BCUT2D eigenvalue weighted by atomic mass is 16.3. The van der Waals surface area contributed by atoms with E-state index in [9.17, 15) is 0 Å². The summed E-state index contributed by atoms with van der Waals surface area (Å²) in [6, 6.07) is 0. The summed E-state index contributed by atoms with van der Waals surface area (Å²) in [6.07, 6.45) is 9.61. The van der Waals surface area contributed by atoms with Gasteiger partial charge >= 0.3 is 0 Å². The molecule has 2 fully saturated rings. The van der Waals surface area contributed by atoms with Crippen LogP contribution in [0.2, 0.25) is 0 Å². The van der Waals surface area contributed by atoms with E-state index in [2.05, 4.69) is 0 Å². The van der Waals surface area contributed by atoms with E-state index in [1.807, 2.05) is 0 Å². The summed E-state index contributed by atoms with van der Waals surface area (Å²) >= 11 is 0. The Labute approximate surface area is 123 Å². The van der Waals surface area contributed by atoms with E-state index in [1.165, 1.54) is 51.4 Å². The Kier molecular flexibility index (Phi) is 9.44. The molecule has 4 heteroatoms. The molecule has 0 spiro atoms. The van der Waals surface area contributed by atoms with E-state index in [4.69, 9.17) is 21.7 Å². The van der Waals surface area contributed by atoms with E-state index in [0.717, 1.165) is 24.9 Å². The highest BCUT2D eigenvalue weighted by molar-refractivity contribution is 4.72. The summed E-state index contributed by atoms with van der Waals surface area (Å²) in [6.45, 7) is 2.41. The van der Waals surface area contributed by atoms with Crippen LogP contribution in [0.15, 0.2) is 0 Å². The highest BCUT2D eigenvalue weighted by Crippen LogP contribution is 2.28. The van der Waals surface area contributed by atoms with Gasteiger partial charge in [-0.2, -0.15) is 0 Å². The minimum atomic E-state index is 0.372. The minimum Gasteiger partial charge on any atom is -0.396 e. The zero-order chi connectivity index (χ0) is 14.8. The van der Waals surface area contributed by atoms with Crippen molar-refractivity contribution in [3.8, 4) is 0 Å². The third-order valence-corrected chi connectivity index (χ3v) is 5.12. The predicted molar refractivity (Wildman–Crippen MR) is 83.2 cm³/mol. The first-order chi connectivity index (χ1) is 9.73. The summed E-state index contributed by atoms with van der Waals surface area (Å²) in [5.41, 5.74) is 11.1. The van der Waals surface area contributed by atoms with Crippen molar-refractivity contribution in [2.75, 3.05) is 26.3 Å². The van der Waals surface area contributed by atoms with Gasteiger partial charge in [-0.25, -0.2) is 0 Å². The van der Waals surface area contributed by atoms with Crippen LogP contribution in [-0.4, -0.2) is 36.5 Å². The highest BCUT2D eigenvalue weighted by Gasteiger charge is 2.19. The first-order valence-electron chi connectivity index (χ1n) is 8.35. The zero-order valence-corrected chi connectivity index (χ0v) is 12.8. The Bertz CT molecular complexity index is 175. The van der Waals surface area contributed by atoms with E-state index < -0.39 is 0 Å². The van der Waals surface area contributed by atoms with Crippen LogP contribution in [0.3, 0.4) is 0 Å². The fraction of sp³-hybridized carbons (Fsp3) is 1.00. The maximum Gasteiger partial charge on any atom is 0.0459 e. The van der Waals surface area contributed by atoms with Gasteiger partial charge in [-0.15, -0.1) is 0 Å². The van der Waals surface area contributed by atoms with Crippen LogP contribution >= 0.6 is 0 Å². The van der Waals surface area contributed by atoms with Gasteiger partial charge < -0.3 is 21.7 Å². The SMILES string of the molecule is NCC1CCC(CO)CC1.NCC1CCC(CO)CC1. The molecule has 0 aromatic carbocycles. The molecule has 0 amide bonds. The third kappa shape index (κ3) is 6.53. The normalized spacial score (nSPS) is 34.2. The molecule has 0 aromatic rings. The number of aliphatic hydroxyl groups excluding tert-OH is 2. The van der Waals surface area contributed by atoms with E-state index in [0.29, 0.717) is 25.0 Å².